The lowest BCUT2D eigenvalue weighted by Gasteiger charge is -2.05. The third kappa shape index (κ3) is 20.0. The highest BCUT2D eigenvalue weighted by atomic mass is 14.8. The first-order valence-corrected chi connectivity index (χ1v) is 10.1. The highest BCUT2D eigenvalue weighted by Crippen LogP contribution is 2.12. The van der Waals surface area contributed by atoms with Crippen molar-refractivity contribution in [2.75, 3.05) is 13.1 Å². The van der Waals surface area contributed by atoms with Crippen LogP contribution in [0.5, 0.6) is 0 Å². The molecule has 1 N–H and O–H groups in total. The third-order valence-electron chi connectivity index (χ3n) is 4.41. The van der Waals surface area contributed by atoms with Crippen molar-refractivity contribution in [3.63, 3.8) is 0 Å². The molecule has 0 aromatic rings. The van der Waals surface area contributed by atoms with E-state index in [1.165, 1.54) is 116 Å². The summed E-state index contributed by atoms with van der Waals surface area (Å²) in [6, 6.07) is 0. The van der Waals surface area contributed by atoms with Crippen LogP contribution in [0.1, 0.15) is 117 Å². The molecule has 0 saturated heterocycles. The van der Waals surface area contributed by atoms with Crippen LogP contribution < -0.4 is 5.32 Å². The third-order valence-corrected chi connectivity index (χ3v) is 4.41. The van der Waals surface area contributed by atoms with Gasteiger partial charge >= 0.3 is 0 Å². The van der Waals surface area contributed by atoms with Crippen LogP contribution >= 0.6 is 0 Å². The van der Waals surface area contributed by atoms with Crippen LogP contribution in [-0.2, 0) is 0 Å². The van der Waals surface area contributed by atoms with Gasteiger partial charge in [-0.3, -0.25) is 0 Å². The fraction of sp³-hybridized carbons (Fsp3) is 1.00. The summed E-state index contributed by atoms with van der Waals surface area (Å²) in [4.78, 5) is 0. The normalized spacial score (nSPS) is 11.1. The summed E-state index contributed by atoms with van der Waals surface area (Å²) in [7, 11) is 0. The molecule has 128 valence electrons. The van der Waals surface area contributed by atoms with Crippen LogP contribution in [0.15, 0.2) is 0 Å². The molecule has 0 atom stereocenters. The molecule has 0 spiro atoms. The summed E-state index contributed by atoms with van der Waals surface area (Å²) >= 11 is 0. The molecule has 0 fully saturated rings. The minimum Gasteiger partial charge on any atom is -0.317 e. The zero-order chi connectivity index (χ0) is 15.4. The second-order valence-electron chi connectivity index (χ2n) is 6.70. The molecule has 1 heteroatoms. The molecule has 0 aliphatic rings. The molecule has 0 aliphatic heterocycles. The monoisotopic (exact) mass is 297 g/mol. The zero-order valence-corrected chi connectivity index (χ0v) is 15.2. The van der Waals surface area contributed by atoms with Gasteiger partial charge in [0, 0.05) is 0 Å². The molecule has 1 nitrogen and oxygen atoms in total. The lowest BCUT2D eigenvalue weighted by molar-refractivity contribution is 0.529. The van der Waals surface area contributed by atoms with Gasteiger partial charge in [0.05, 0.1) is 0 Å². The van der Waals surface area contributed by atoms with E-state index < -0.39 is 0 Å². The quantitative estimate of drug-likeness (QED) is 0.273. The van der Waals surface area contributed by atoms with E-state index in [9.17, 15) is 0 Å². The van der Waals surface area contributed by atoms with E-state index in [4.69, 9.17) is 0 Å². The Labute approximate surface area is 135 Å². The molecule has 0 rings (SSSR count). The van der Waals surface area contributed by atoms with E-state index in [-0.39, 0.29) is 0 Å². The van der Waals surface area contributed by atoms with E-state index >= 15 is 0 Å². The Morgan fingerprint density at radius 1 is 0.381 bits per heavy atom. The van der Waals surface area contributed by atoms with Crippen LogP contribution in [0.3, 0.4) is 0 Å². The summed E-state index contributed by atoms with van der Waals surface area (Å²) in [5.74, 6) is 0. The smallest absolute Gasteiger partial charge is 0.00489 e. The maximum atomic E-state index is 3.56. The Hall–Kier alpha value is -0.0400. The Morgan fingerprint density at radius 3 is 1.10 bits per heavy atom. The first kappa shape index (κ1) is 21.0. The molecule has 0 aliphatic carbocycles. The number of hydrogen-bond donors (Lipinski definition) is 1. The maximum Gasteiger partial charge on any atom is -0.00489 e. The predicted octanol–water partition coefficient (Wildman–Crippen LogP) is 6.86. The van der Waals surface area contributed by atoms with Crippen LogP contribution in [0, 0.1) is 0 Å². The van der Waals surface area contributed by atoms with Crippen molar-refractivity contribution in [2.45, 2.75) is 117 Å². The highest BCUT2D eigenvalue weighted by Gasteiger charge is 1.94. The Balaban J connectivity index is 2.90. The lowest BCUT2D eigenvalue weighted by atomic mass is 10.0. The summed E-state index contributed by atoms with van der Waals surface area (Å²) in [5.41, 5.74) is 0. The van der Waals surface area contributed by atoms with E-state index in [2.05, 4.69) is 19.2 Å². The molecule has 21 heavy (non-hydrogen) atoms. The average molecular weight is 298 g/mol. The highest BCUT2D eigenvalue weighted by molar-refractivity contribution is 4.51. The first-order chi connectivity index (χ1) is 10.4. The fourth-order valence-corrected chi connectivity index (χ4v) is 2.89. The number of unbranched alkanes of at least 4 members (excludes halogenated alkanes) is 14. The van der Waals surface area contributed by atoms with Gasteiger partial charge in [0.2, 0.25) is 0 Å². The molecule has 0 unspecified atom stereocenters. The van der Waals surface area contributed by atoms with E-state index in [0.29, 0.717) is 0 Å². The summed E-state index contributed by atoms with van der Waals surface area (Å²) in [6.45, 7) is 7.03. The summed E-state index contributed by atoms with van der Waals surface area (Å²) < 4.78 is 0. The molecule has 0 radical (unpaired) electrons. The molecule has 0 bridgehead atoms. The first-order valence-electron chi connectivity index (χ1n) is 10.1. The van der Waals surface area contributed by atoms with Gasteiger partial charge in [-0.25, -0.2) is 0 Å². The summed E-state index contributed by atoms with van der Waals surface area (Å²) in [6.07, 6.45) is 22.9. The van der Waals surface area contributed by atoms with Gasteiger partial charge < -0.3 is 5.32 Å². The van der Waals surface area contributed by atoms with Crippen molar-refractivity contribution in [3.05, 3.63) is 0 Å². The minimum absolute atomic E-state index is 1.23. The standard InChI is InChI=1S/C20H43N/c1-3-5-7-8-9-10-11-12-13-14-15-16-18-20-21-19-17-6-4-2/h21H,3-20H2,1-2H3. The van der Waals surface area contributed by atoms with Crippen LogP contribution in [0.2, 0.25) is 0 Å². The van der Waals surface area contributed by atoms with E-state index in [0.717, 1.165) is 0 Å². The van der Waals surface area contributed by atoms with Crippen molar-refractivity contribution in [1.82, 2.24) is 5.32 Å². The molecular weight excluding hydrogens is 254 g/mol. The van der Waals surface area contributed by atoms with Gasteiger partial charge in [0.1, 0.15) is 0 Å². The average Bonchev–Trinajstić information content (AvgIpc) is 2.50. The molecule has 0 aromatic heterocycles. The van der Waals surface area contributed by atoms with Gasteiger partial charge in [0.25, 0.3) is 0 Å². The van der Waals surface area contributed by atoms with Crippen molar-refractivity contribution in [3.8, 4) is 0 Å². The van der Waals surface area contributed by atoms with Crippen molar-refractivity contribution >= 4 is 0 Å². The van der Waals surface area contributed by atoms with Crippen molar-refractivity contribution in [2.24, 2.45) is 0 Å². The van der Waals surface area contributed by atoms with Gasteiger partial charge in [-0.05, 0) is 25.9 Å². The molecule has 0 amide bonds. The zero-order valence-electron chi connectivity index (χ0n) is 15.2. The van der Waals surface area contributed by atoms with Gasteiger partial charge in [-0.1, -0.05) is 104 Å². The Kier molecular flexibility index (Phi) is 19.9. The minimum atomic E-state index is 1.23. The molecule has 0 saturated carbocycles. The fourth-order valence-electron chi connectivity index (χ4n) is 2.89. The summed E-state index contributed by atoms with van der Waals surface area (Å²) in [5, 5.41) is 3.56. The second-order valence-corrected chi connectivity index (χ2v) is 6.70. The number of hydrogen-bond acceptors (Lipinski definition) is 1. The second kappa shape index (κ2) is 20.0. The number of rotatable bonds is 18. The lowest BCUT2D eigenvalue weighted by Crippen LogP contribution is -2.16. The van der Waals surface area contributed by atoms with Crippen LogP contribution in [0.4, 0.5) is 0 Å². The predicted molar refractivity (Wildman–Crippen MR) is 98.1 cm³/mol. The molecular formula is C20H43N. The SMILES string of the molecule is CCCCCCCCCCCCCCCNCCCCC. The molecule has 0 heterocycles. The Morgan fingerprint density at radius 2 is 0.667 bits per heavy atom. The van der Waals surface area contributed by atoms with Crippen molar-refractivity contribution < 1.29 is 0 Å². The van der Waals surface area contributed by atoms with Gasteiger partial charge in [-0.15, -0.1) is 0 Å². The maximum absolute atomic E-state index is 3.56. The van der Waals surface area contributed by atoms with E-state index in [1.807, 2.05) is 0 Å². The Bertz CT molecular complexity index is 149. The van der Waals surface area contributed by atoms with Crippen LogP contribution in [-0.4, -0.2) is 13.1 Å². The largest absolute Gasteiger partial charge is 0.317 e. The van der Waals surface area contributed by atoms with Crippen LogP contribution in [0.25, 0.3) is 0 Å². The topological polar surface area (TPSA) is 12.0 Å². The van der Waals surface area contributed by atoms with Gasteiger partial charge in [0.15, 0.2) is 0 Å². The van der Waals surface area contributed by atoms with E-state index in [1.54, 1.807) is 0 Å². The number of nitrogens with one attached hydrogen (secondary N) is 1. The van der Waals surface area contributed by atoms with Crippen molar-refractivity contribution in [1.29, 1.82) is 0 Å². The molecule has 0 aromatic carbocycles. The van der Waals surface area contributed by atoms with Gasteiger partial charge in [-0.2, -0.15) is 0 Å².